The Morgan fingerprint density at radius 2 is 1.65 bits per heavy atom. The van der Waals surface area contributed by atoms with Gasteiger partial charge in [0, 0.05) is 6.42 Å². The highest BCUT2D eigenvalue weighted by Gasteiger charge is 2.24. The Balaban J connectivity index is 2.37. The number of hydrogen-bond donors (Lipinski definition) is 1. The zero-order valence-electron chi connectivity index (χ0n) is 11.2. The maximum Gasteiger partial charge on any atom is 0.126 e. The SMILES string of the molecule is C#CCC(O)(C=C=C)c1ccc(-c2ccccc2)cc1. The smallest absolute Gasteiger partial charge is 0.126 e. The summed E-state index contributed by atoms with van der Waals surface area (Å²) in [4.78, 5) is 0. The van der Waals surface area contributed by atoms with Crippen LogP contribution in [0.2, 0.25) is 0 Å². The Hall–Kier alpha value is -2.52. The predicted molar refractivity (Wildman–Crippen MR) is 82.9 cm³/mol. The Morgan fingerprint density at radius 1 is 1.05 bits per heavy atom. The van der Waals surface area contributed by atoms with Crippen molar-refractivity contribution in [2.24, 2.45) is 0 Å². The van der Waals surface area contributed by atoms with Crippen LogP contribution < -0.4 is 0 Å². The Bertz CT molecular complexity index is 655. The van der Waals surface area contributed by atoms with Crippen molar-refractivity contribution in [3.8, 4) is 23.5 Å². The lowest BCUT2D eigenvalue weighted by molar-refractivity contribution is 0.0956. The number of terminal acetylenes is 1. The summed E-state index contributed by atoms with van der Waals surface area (Å²) in [7, 11) is 0. The summed E-state index contributed by atoms with van der Waals surface area (Å²) in [6.45, 7) is 3.51. The molecule has 1 N–H and O–H groups in total. The summed E-state index contributed by atoms with van der Waals surface area (Å²) in [5.41, 5.74) is 4.39. The van der Waals surface area contributed by atoms with Crippen LogP contribution in [0.15, 0.2) is 73.0 Å². The summed E-state index contributed by atoms with van der Waals surface area (Å²) in [6, 6.07) is 17.8. The molecule has 20 heavy (non-hydrogen) atoms. The minimum atomic E-state index is -1.20. The van der Waals surface area contributed by atoms with Gasteiger partial charge in [0.15, 0.2) is 0 Å². The van der Waals surface area contributed by atoms with Crippen LogP contribution in [0, 0.1) is 12.3 Å². The lowest BCUT2D eigenvalue weighted by atomic mass is 9.89. The third kappa shape index (κ3) is 2.90. The van der Waals surface area contributed by atoms with Gasteiger partial charge in [-0.05, 0) is 22.8 Å². The molecular weight excluding hydrogens is 244 g/mol. The highest BCUT2D eigenvalue weighted by atomic mass is 16.3. The van der Waals surface area contributed by atoms with Gasteiger partial charge in [0.1, 0.15) is 5.60 Å². The van der Waals surface area contributed by atoms with E-state index in [0.29, 0.717) is 0 Å². The number of benzene rings is 2. The van der Waals surface area contributed by atoms with Crippen LogP contribution in [0.25, 0.3) is 11.1 Å². The quantitative estimate of drug-likeness (QED) is 0.653. The van der Waals surface area contributed by atoms with Crippen LogP contribution in [-0.2, 0) is 5.60 Å². The van der Waals surface area contributed by atoms with Crippen molar-refractivity contribution in [3.63, 3.8) is 0 Å². The first kappa shape index (κ1) is 13.9. The molecular formula is C19H16O. The van der Waals surface area contributed by atoms with Crippen LogP contribution >= 0.6 is 0 Å². The second-order valence-electron chi connectivity index (χ2n) is 4.60. The molecule has 2 aromatic rings. The van der Waals surface area contributed by atoms with Gasteiger partial charge in [-0.2, -0.15) is 0 Å². The van der Waals surface area contributed by atoms with Crippen molar-refractivity contribution >= 4 is 0 Å². The summed E-state index contributed by atoms with van der Waals surface area (Å²) >= 11 is 0. The van der Waals surface area contributed by atoms with Crippen molar-refractivity contribution in [2.75, 3.05) is 0 Å². The molecule has 0 heterocycles. The van der Waals surface area contributed by atoms with Gasteiger partial charge in [-0.3, -0.25) is 0 Å². The molecule has 0 bridgehead atoms. The van der Waals surface area contributed by atoms with E-state index in [2.05, 4.69) is 18.2 Å². The van der Waals surface area contributed by atoms with E-state index in [1.807, 2.05) is 54.6 Å². The number of hydrogen-bond acceptors (Lipinski definition) is 1. The zero-order valence-corrected chi connectivity index (χ0v) is 11.2. The van der Waals surface area contributed by atoms with E-state index in [-0.39, 0.29) is 6.42 Å². The fourth-order valence-corrected chi connectivity index (χ4v) is 2.14. The Labute approximate surface area is 119 Å². The average Bonchev–Trinajstić information content (AvgIpc) is 2.49. The minimum Gasteiger partial charge on any atom is -0.379 e. The molecule has 98 valence electrons. The predicted octanol–water partition coefficient (Wildman–Crippen LogP) is 3.91. The maximum absolute atomic E-state index is 10.5. The largest absolute Gasteiger partial charge is 0.379 e. The van der Waals surface area contributed by atoms with E-state index in [9.17, 15) is 5.11 Å². The van der Waals surface area contributed by atoms with Gasteiger partial charge >= 0.3 is 0 Å². The normalized spacial score (nSPS) is 12.8. The first-order valence-corrected chi connectivity index (χ1v) is 6.38. The van der Waals surface area contributed by atoms with Crippen molar-refractivity contribution in [3.05, 3.63) is 78.5 Å². The number of aliphatic hydroxyl groups is 1. The van der Waals surface area contributed by atoms with Crippen LogP contribution in [0.5, 0.6) is 0 Å². The molecule has 0 aliphatic carbocycles. The summed E-state index contributed by atoms with van der Waals surface area (Å²) in [5, 5.41) is 10.5. The van der Waals surface area contributed by atoms with E-state index < -0.39 is 5.60 Å². The third-order valence-electron chi connectivity index (χ3n) is 3.20. The molecule has 0 spiro atoms. The van der Waals surface area contributed by atoms with Gasteiger partial charge in [-0.1, -0.05) is 61.2 Å². The first-order chi connectivity index (χ1) is 9.69. The van der Waals surface area contributed by atoms with Gasteiger partial charge in [0.25, 0.3) is 0 Å². The van der Waals surface area contributed by atoms with E-state index in [1.165, 1.54) is 6.08 Å². The van der Waals surface area contributed by atoms with Crippen molar-refractivity contribution in [1.29, 1.82) is 0 Å². The van der Waals surface area contributed by atoms with E-state index in [1.54, 1.807) is 0 Å². The van der Waals surface area contributed by atoms with Crippen LogP contribution in [0.1, 0.15) is 12.0 Å². The topological polar surface area (TPSA) is 20.2 Å². The lowest BCUT2D eigenvalue weighted by Gasteiger charge is -2.22. The monoisotopic (exact) mass is 260 g/mol. The molecule has 0 amide bonds. The molecule has 2 rings (SSSR count). The van der Waals surface area contributed by atoms with Gasteiger partial charge in [0.05, 0.1) is 0 Å². The standard InChI is InChI=1S/C19H16O/c1-3-14-19(20,15-4-2)18-12-10-17(11-13-18)16-8-6-5-7-9-16/h1,5-13,15,20H,2,14H2. The van der Waals surface area contributed by atoms with Crippen LogP contribution in [-0.4, -0.2) is 5.11 Å². The third-order valence-corrected chi connectivity index (χ3v) is 3.20. The molecule has 1 nitrogen and oxygen atoms in total. The highest BCUT2D eigenvalue weighted by molar-refractivity contribution is 5.63. The van der Waals surface area contributed by atoms with Gasteiger partial charge in [-0.25, -0.2) is 0 Å². The van der Waals surface area contributed by atoms with E-state index >= 15 is 0 Å². The molecule has 0 saturated carbocycles. The second-order valence-corrected chi connectivity index (χ2v) is 4.60. The molecule has 0 aromatic heterocycles. The minimum absolute atomic E-state index is 0.195. The second kappa shape index (κ2) is 6.08. The molecule has 0 fully saturated rings. The molecule has 0 saturated heterocycles. The molecule has 1 heteroatoms. The molecule has 2 aromatic carbocycles. The van der Waals surface area contributed by atoms with Gasteiger partial charge in [-0.15, -0.1) is 18.1 Å². The summed E-state index contributed by atoms with van der Waals surface area (Å²) in [6.07, 6.45) is 7.02. The Morgan fingerprint density at radius 3 is 2.20 bits per heavy atom. The van der Waals surface area contributed by atoms with Crippen molar-refractivity contribution < 1.29 is 5.11 Å². The fourth-order valence-electron chi connectivity index (χ4n) is 2.14. The lowest BCUT2D eigenvalue weighted by Crippen LogP contribution is -2.21. The first-order valence-electron chi connectivity index (χ1n) is 6.38. The number of rotatable bonds is 4. The van der Waals surface area contributed by atoms with Crippen LogP contribution in [0.4, 0.5) is 0 Å². The zero-order chi connectivity index (χ0) is 14.4. The molecule has 1 unspecified atom stereocenters. The van der Waals surface area contributed by atoms with Crippen molar-refractivity contribution in [2.45, 2.75) is 12.0 Å². The van der Waals surface area contributed by atoms with Gasteiger partial charge < -0.3 is 5.11 Å². The fraction of sp³-hybridized carbons (Fsp3) is 0.105. The molecule has 0 aliphatic heterocycles. The van der Waals surface area contributed by atoms with Gasteiger partial charge in [0.2, 0.25) is 0 Å². The summed E-state index contributed by atoms with van der Waals surface area (Å²) < 4.78 is 0. The summed E-state index contributed by atoms with van der Waals surface area (Å²) in [5.74, 6) is 2.49. The van der Waals surface area contributed by atoms with E-state index in [4.69, 9.17) is 6.42 Å². The highest BCUT2D eigenvalue weighted by Crippen LogP contribution is 2.28. The molecule has 1 atom stereocenters. The van der Waals surface area contributed by atoms with Crippen LogP contribution in [0.3, 0.4) is 0 Å². The Kier molecular flexibility index (Phi) is 4.23. The molecule has 0 radical (unpaired) electrons. The van der Waals surface area contributed by atoms with Crippen molar-refractivity contribution in [1.82, 2.24) is 0 Å². The van der Waals surface area contributed by atoms with E-state index in [0.717, 1.165) is 16.7 Å². The molecule has 0 aliphatic rings. The average molecular weight is 260 g/mol. The maximum atomic E-state index is 10.5.